The highest BCUT2D eigenvalue weighted by atomic mass is 16.5. The Kier molecular flexibility index (Phi) is 4.01. The topological polar surface area (TPSA) is 87.0 Å². The van der Waals surface area contributed by atoms with E-state index in [1.54, 1.807) is 30.6 Å². The maximum absolute atomic E-state index is 7.11. The summed E-state index contributed by atoms with van der Waals surface area (Å²) in [5.74, 6) is 1.14. The molecule has 0 aliphatic heterocycles. The van der Waals surface area contributed by atoms with Crippen LogP contribution in [0.2, 0.25) is 0 Å². The number of pyridine rings is 1. The van der Waals surface area contributed by atoms with Gasteiger partial charge in [0.25, 0.3) is 0 Å². The molecule has 1 aromatic carbocycles. The number of aromatic amines is 1. The fourth-order valence-electron chi connectivity index (χ4n) is 1.91. The summed E-state index contributed by atoms with van der Waals surface area (Å²) in [6.07, 6.45) is 4.23. The summed E-state index contributed by atoms with van der Waals surface area (Å²) in [5, 5.41) is 7.11. The van der Waals surface area contributed by atoms with Crippen LogP contribution >= 0.6 is 0 Å². The van der Waals surface area contributed by atoms with Gasteiger partial charge in [0, 0.05) is 24.0 Å². The molecule has 108 valence electrons. The minimum absolute atomic E-state index is 0.306. The maximum Gasteiger partial charge on any atom is 0.231 e. The van der Waals surface area contributed by atoms with Crippen LogP contribution in [-0.4, -0.2) is 21.3 Å². The van der Waals surface area contributed by atoms with Gasteiger partial charge in [-0.3, -0.25) is 15.4 Å². The highest BCUT2D eigenvalue weighted by Gasteiger charge is 2.04. The van der Waals surface area contributed by atoms with Gasteiger partial charge in [-0.1, -0.05) is 30.3 Å². The predicted octanol–water partition coefficient (Wildman–Crippen LogP) is 2.77. The second kappa shape index (κ2) is 6.45. The van der Waals surface area contributed by atoms with E-state index in [0.717, 1.165) is 11.9 Å². The van der Waals surface area contributed by atoms with Gasteiger partial charge in [0.2, 0.25) is 11.5 Å². The Labute approximate surface area is 126 Å². The van der Waals surface area contributed by atoms with Crippen LogP contribution in [0.1, 0.15) is 0 Å². The van der Waals surface area contributed by atoms with Crippen LogP contribution in [0.25, 0.3) is 11.3 Å². The SMILES string of the molecule is N=C/N=c1/nc(-c2ccccc2)cc(Oc2ccncc2)[nH]1. The molecule has 0 saturated heterocycles. The lowest BCUT2D eigenvalue weighted by Crippen LogP contribution is -2.14. The molecule has 2 heterocycles. The Bertz CT molecular complexity index is 828. The van der Waals surface area contributed by atoms with E-state index < -0.39 is 0 Å². The average molecular weight is 291 g/mol. The molecule has 6 nitrogen and oxygen atoms in total. The number of hydrogen-bond acceptors (Lipinski definition) is 4. The van der Waals surface area contributed by atoms with Crippen molar-refractivity contribution in [3.8, 4) is 22.9 Å². The molecule has 0 bridgehead atoms. The monoisotopic (exact) mass is 291 g/mol. The Morgan fingerprint density at radius 2 is 1.86 bits per heavy atom. The number of rotatable bonds is 4. The van der Waals surface area contributed by atoms with Crippen LogP contribution in [0, 0.1) is 5.41 Å². The van der Waals surface area contributed by atoms with Crippen molar-refractivity contribution in [2.45, 2.75) is 0 Å². The van der Waals surface area contributed by atoms with Crippen LogP contribution in [-0.2, 0) is 0 Å². The summed E-state index contributed by atoms with van der Waals surface area (Å²) >= 11 is 0. The van der Waals surface area contributed by atoms with Gasteiger partial charge in [0.05, 0.1) is 5.69 Å². The molecular formula is C16H13N5O. The van der Waals surface area contributed by atoms with Crippen LogP contribution in [0.15, 0.2) is 65.9 Å². The molecule has 22 heavy (non-hydrogen) atoms. The minimum Gasteiger partial charge on any atom is -0.441 e. The predicted molar refractivity (Wildman–Crippen MR) is 82.7 cm³/mol. The molecule has 3 rings (SSSR count). The lowest BCUT2D eigenvalue weighted by atomic mass is 10.1. The van der Waals surface area contributed by atoms with Gasteiger partial charge < -0.3 is 4.74 Å². The molecule has 6 heteroatoms. The van der Waals surface area contributed by atoms with E-state index >= 15 is 0 Å². The molecule has 0 amide bonds. The van der Waals surface area contributed by atoms with E-state index in [0.29, 0.717) is 22.9 Å². The summed E-state index contributed by atoms with van der Waals surface area (Å²) in [4.78, 5) is 15.1. The molecule has 3 aromatic rings. The number of aromatic nitrogens is 3. The molecule has 0 unspecified atom stereocenters. The summed E-state index contributed by atoms with van der Waals surface area (Å²) < 4.78 is 5.76. The number of benzene rings is 1. The van der Waals surface area contributed by atoms with Gasteiger partial charge in [-0.05, 0) is 12.1 Å². The zero-order valence-electron chi connectivity index (χ0n) is 11.6. The third-order valence-electron chi connectivity index (χ3n) is 2.86. The maximum atomic E-state index is 7.11. The van der Waals surface area contributed by atoms with Crippen molar-refractivity contribution in [3.05, 3.63) is 66.5 Å². The molecule has 0 atom stereocenters. The van der Waals surface area contributed by atoms with Crippen molar-refractivity contribution >= 4 is 6.34 Å². The first-order valence-corrected chi connectivity index (χ1v) is 6.62. The standard InChI is InChI=1S/C16H13N5O/c17-11-19-16-20-14(12-4-2-1-3-5-12)10-15(21-16)22-13-6-8-18-9-7-13/h1-11H,(H2,17,19,20,21). The second-order valence-corrected chi connectivity index (χ2v) is 4.36. The van der Waals surface area contributed by atoms with Crippen molar-refractivity contribution in [2.24, 2.45) is 4.99 Å². The van der Waals surface area contributed by atoms with Gasteiger partial charge >= 0.3 is 0 Å². The van der Waals surface area contributed by atoms with E-state index in [9.17, 15) is 0 Å². The zero-order valence-corrected chi connectivity index (χ0v) is 11.6. The van der Waals surface area contributed by atoms with Crippen LogP contribution in [0.5, 0.6) is 11.6 Å². The normalized spacial score (nSPS) is 11.2. The van der Waals surface area contributed by atoms with E-state index in [1.165, 1.54) is 0 Å². The van der Waals surface area contributed by atoms with E-state index in [-0.39, 0.29) is 0 Å². The zero-order chi connectivity index (χ0) is 15.2. The van der Waals surface area contributed by atoms with E-state index in [2.05, 4.69) is 19.9 Å². The first kappa shape index (κ1) is 13.7. The Morgan fingerprint density at radius 1 is 1.09 bits per heavy atom. The minimum atomic E-state index is 0.306. The van der Waals surface area contributed by atoms with Crippen molar-refractivity contribution in [2.75, 3.05) is 0 Å². The highest BCUT2D eigenvalue weighted by Crippen LogP contribution is 2.22. The lowest BCUT2D eigenvalue weighted by Gasteiger charge is -2.07. The first-order valence-electron chi connectivity index (χ1n) is 6.62. The molecule has 0 spiro atoms. The third-order valence-corrected chi connectivity index (χ3v) is 2.86. The van der Waals surface area contributed by atoms with E-state index in [1.807, 2.05) is 30.3 Å². The largest absolute Gasteiger partial charge is 0.441 e. The summed E-state index contributed by atoms with van der Waals surface area (Å²) in [6, 6.07) is 15.0. The summed E-state index contributed by atoms with van der Waals surface area (Å²) in [7, 11) is 0. The van der Waals surface area contributed by atoms with Crippen molar-refractivity contribution < 1.29 is 4.74 Å². The first-order chi connectivity index (χ1) is 10.8. The summed E-state index contributed by atoms with van der Waals surface area (Å²) in [5.41, 5.74) is 1.96. The molecule has 0 radical (unpaired) electrons. The number of hydrogen-bond donors (Lipinski definition) is 2. The van der Waals surface area contributed by atoms with Gasteiger partial charge in [0.1, 0.15) is 12.1 Å². The molecule has 2 aromatic heterocycles. The number of ether oxygens (including phenoxy) is 1. The second-order valence-electron chi connectivity index (χ2n) is 4.36. The van der Waals surface area contributed by atoms with Gasteiger partial charge in [-0.2, -0.15) is 0 Å². The fraction of sp³-hybridized carbons (Fsp3) is 0. The number of nitrogens with zero attached hydrogens (tertiary/aromatic N) is 3. The molecule has 0 saturated carbocycles. The Balaban J connectivity index is 2.05. The lowest BCUT2D eigenvalue weighted by molar-refractivity contribution is 0.458. The quantitative estimate of drug-likeness (QED) is 0.572. The van der Waals surface area contributed by atoms with Crippen molar-refractivity contribution in [3.63, 3.8) is 0 Å². The molecular weight excluding hydrogens is 278 g/mol. The molecule has 0 aliphatic carbocycles. The van der Waals surface area contributed by atoms with Gasteiger partial charge in [-0.15, -0.1) is 0 Å². The Morgan fingerprint density at radius 3 is 2.59 bits per heavy atom. The molecule has 2 N–H and O–H groups in total. The van der Waals surface area contributed by atoms with Crippen LogP contribution in [0.3, 0.4) is 0 Å². The number of nitrogens with one attached hydrogen (secondary N) is 2. The summed E-state index contributed by atoms with van der Waals surface area (Å²) in [6.45, 7) is 0. The Hall–Kier alpha value is -3.28. The molecule has 0 aliphatic rings. The van der Waals surface area contributed by atoms with Gasteiger partial charge in [-0.25, -0.2) is 9.98 Å². The van der Waals surface area contributed by atoms with Crippen LogP contribution < -0.4 is 10.4 Å². The highest BCUT2D eigenvalue weighted by molar-refractivity contribution is 5.59. The third kappa shape index (κ3) is 3.24. The fourth-order valence-corrected chi connectivity index (χ4v) is 1.91. The van der Waals surface area contributed by atoms with Crippen LogP contribution in [0.4, 0.5) is 0 Å². The van der Waals surface area contributed by atoms with E-state index in [4.69, 9.17) is 10.1 Å². The van der Waals surface area contributed by atoms with Crippen molar-refractivity contribution in [1.29, 1.82) is 5.41 Å². The number of H-pyrrole nitrogens is 1. The molecule has 0 fully saturated rings. The van der Waals surface area contributed by atoms with Crippen molar-refractivity contribution in [1.82, 2.24) is 15.0 Å². The smallest absolute Gasteiger partial charge is 0.231 e. The van der Waals surface area contributed by atoms with Gasteiger partial charge in [0.15, 0.2) is 0 Å². The average Bonchev–Trinajstić information content (AvgIpc) is 2.57.